The van der Waals surface area contributed by atoms with Crippen molar-refractivity contribution >= 4 is 5.97 Å². The van der Waals surface area contributed by atoms with Gasteiger partial charge in [-0.25, -0.2) is 0 Å². The first kappa shape index (κ1) is 18.5. The number of carbonyl (C=O) groups excluding carboxylic acids is 1. The summed E-state index contributed by atoms with van der Waals surface area (Å²) in [5.41, 5.74) is 0.481. The Balaban J connectivity index is 2.88. The van der Waals surface area contributed by atoms with Crippen LogP contribution in [0.3, 0.4) is 0 Å². The lowest BCUT2D eigenvalue weighted by Crippen LogP contribution is -2.24. The van der Waals surface area contributed by atoms with Crippen LogP contribution in [0.2, 0.25) is 0 Å². The molecule has 6 heteroatoms. The van der Waals surface area contributed by atoms with Gasteiger partial charge in [0, 0.05) is 6.61 Å². The van der Waals surface area contributed by atoms with Gasteiger partial charge in [0.05, 0.1) is 13.0 Å². The summed E-state index contributed by atoms with van der Waals surface area (Å²) < 4.78 is 49.2. The van der Waals surface area contributed by atoms with E-state index in [2.05, 4.69) is 0 Å². The number of carbonyl (C=O) groups is 1. The average molecular weight is 318 g/mol. The van der Waals surface area contributed by atoms with E-state index in [4.69, 9.17) is 9.47 Å². The van der Waals surface area contributed by atoms with Crippen LogP contribution in [0, 0.1) is 0 Å². The van der Waals surface area contributed by atoms with Crippen LogP contribution < -0.4 is 0 Å². The molecule has 0 fully saturated rings. The maximum atomic E-state index is 13.1. The van der Waals surface area contributed by atoms with Crippen molar-refractivity contribution in [2.45, 2.75) is 45.4 Å². The van der Waals surface area contributed by atoms with Crippen molar-refractivity contribution in [3.8, 4) is 0 Å². The number of halogens is 3. The predicted octanol–water partition coefficient (Wildman–Crippen LogP) is 4.21. The second-order valence-electron chi connectivity index (χ2n) is 4.87. The standard InChI is InChI=1S/C16H21F3O3/c1-3-5-9-22-15(16(17,18)19)13-8-6-7-12(10-13)11-14(20)21-4-2/h6-8,10,15H,3-5,9,11H2,1-2H3. The minimum atomic E-state index is -4.49. The van der Waals surface area contributed by atoms with Crippen molar-refractivity contribution < 1.29 is 27.4 Å². The highest BCUT2D eigenvalue weighted by Crippen LogP contribution is 2.36. The molecule has 0 aliphatic rings. The van der Waals surface area contributed by atoms with Crippen LogP contribution >= 0.6 is 0 Å². The van der Waals surface area contributed by atoms with Gasteiger partial charge in [0.25, 0.3) is 0 Å². The van der Waals surface area contributed by atoms with E-state index in [9.17, 15) is 18.0 Å². The Kier molecular flexibility index (Phi) is 7.38. The van der Waals surface area contributed by atoms with Gasteiger partial charge < -0.3 is 9.47 Å². The van der Waals surface area contributed by atoms with E-state index in [0.717, 1.165) is 6.42 Å². The fourth-order valence-corrected chi connectivity index (χ4v) is 1.97. The summed E-state index contributed by atoms with van der Waals surface area (Å²) >= 11 is 0. The third-order valence-electron chi connectivity index (χ3n) is 2.99. The molecule has 1 rings (SSSR count). The zero-order valence-corrected chi connectivity index (χ0v) is 12.8. The van der Waals surface area contributed by atoms with Crippen LogP contribution in [0.1, 0.15) is 43.9 Å². The number of ether oxygens (including phenoxy) is 2. The van der Waals surface area contributed by atoms with E-state index in [0.29, 0.717) is 12.0 Å². The molecule has 0 saturated carbocycles. The topological polar surface area (TPSA) is 35.5 Å². The molecule has 1 unspecified atom stereocenters. The molecule has 0 bridgehead atoms. The Bertz CT molecular complexity index is 472. The normalized spacial score (nSPS) is 13.0. The van der Waals surface area contributed by atoms with Crippen LogP contribution in [0.5, 0.6) is 0 Å². The Hall–Kier alpha value is -1.56. The summed E-state index contributed by atoms with van der Waals surface area (Å²) in [5.74, 6) is -0.463. The molecule has 0 aromatic heterocycles. The highest BCUT2D eigenvalue weighted by atomic mass is 19.4. The monoisotopic (exact) mass is 318 g/mol. The van der Waals surface area contributed by atoms with Gasteiger partial charge in [-0.15, -0.1) is 0 Å². The summed E-state index contributed by atoms with van der Waals surface area (Å²) in [5, 5.41) is 0. The molecule has 0 spiro atoms. The predicted molar refractivity (Wildman–Crippen MR) is 76.4 cm³/mol. The van der Waals surface area contributed by atoms with Crippen molar-refractivity contribution in [2.75, 3.05) is 13.2 Å². The molecule has 1 aromatic rings. The Morgan fingerprint density at radius 2 is 2.00 bits per heavy atom. The third kappa shape index (κ3) is 6.05. The highest BCUT2D eigenvalue weighted by Gasteiger charge is 2.41. The van der Waals surface area contributed by atoms with Crippen molar-refractivity contribution in [3.63, 3.8) is 0 Å². The number of esters is 1. The molecule has 1 atom stereocenters. The van der Waals surface area contributed by atoms with Gasteiger partial charge in [0.2, 0.25) is 0 Å². The van der Waals surface area contributed by atoms with E-state index in [-0.39, 0.29) is 25.2 Å². The molecule has 22 heavy (non-hydrogen) atoms. The van der Waals surface area contributed by atoms with Gasteiger partial charge in [-0.1, -0.05) is 37.6 Å². The quantitative estimate of drug-likeness (QED) is 0.532. The first-order valence-corrected chi connectivity index (χ1v) is 7.31. The summed E-state index contributed by atoms with van der Waals surface area (Å²) in [7, 11) is 0. The summed E-state index contributed by atoms with van der Waals surface area (Å²) in [6, 6.07) is 5.80. The number of rotatable bonds is 8. The zero-order valence-electron chi connectivity index (χ0n) is 12.8. The number of hydrogen-bond acceptors (Lipinski definition) is 3. The zero-order chi connectivity index (χ0) is 16.6. The molecule has 0 saturated heterocycles. The van der Waals surface area contributed by atoms with Crippen molar-refractivity contribution in [1.29, 1.82) is 0 Å². The lowest BCUT2D eigenvalue weighted by Gasteiger charge is -2.21. The first-order valence-electron chi connectivity index (χ1n) is 7.31. The van der Waals surface area contributed by atoms with Crippen LogP contribution in [-0.4, -0.2) is 25.4 Å². The summed E-state index contributed by atoms with van der Waals surface area (Å²) in [6.07, 6.45) is -5.19. The fourth-order valence-electron chi connectivity index (χ4n) is 1.97. The highest BCUT2D eigenvalue weighted by molar-refractivity contribution is 5.72. The molecule has 1 aromatic carbocycles. The number of alkyl halides is 3. The Morgan fingerprint density at radius 1 is 1.27 bits per heavy atom. The van der Waals surface area contributed by atoms with Crippen LogP contribution in [-0.2, 0) is 20.7 Å². The van der Waals surface area contributed by atoms with Gasteiger partial charge >= 0.3 is 12.1 Å². The number of unbranched alkanes of at least 4 members (excludes halogenated alkanes) is 1. The minimum absolute atomic E-state index is 0.00500. The molecule has 0 N–H and O–H groups in total. The van der Waals surface area contributed by atoms with Crippen molar-refractivity contribution in [3.05, 3.63) is 35.4 Å². The largest absolute Gasteiger partial charge is 0.466 e. The van der Waals surface area contributed by atoms with E-state index >= 15 is 0 Å². The van der Waals surface area contributed by atoms with Gasteiger partial charge in [-0.3, -0.25) is 4.79 Å². The maximum absolute atomic E-state index is 13.1. The number of benzene rings is 1. The van der Waals surface area contributed by atoms with E-state index in [1.54, 1.807) is 13.0 Å². The Morgan fingerprint density at radius 3 is 2.59 bits per heavy atom. The van der Waals surface area contributed by atoms with Gasteiger partial charge in [0.15, 0.2) is 6.10 Å². The summed E-state index contributed by atoms with van der Waals surface area (Å²) in [6.45, 7) is 3.84. The van der Waals surface area contributed by atoms with Gasteiger partial charge in [-0.2, -0.15) is 13.2 Å². The second-order valence-corrected chi connectivity index (χ2v) is 4.87. The maximum Gasteiger partial charge on any atom is 0.418 e. The lowest BCUT2D eigenvalue weighted by atomic mass is 10.0. The molecule has 0 aliphatic heterocycles. The van der Waals surface area contributed by atoms with E-state index in [1.807, 2.05) is 6.92 Å². The van der Waals surface area contributed by atoms with E-state index in [1.165, 1.54) is 18.2 Å². The Labute approximate surface area is 128 Å². The molecule has 0 radical (unpaired) electrons. The van der Waals surface area contributed by atoms with E-state index < -0.39 is 18.2 Å². The van der Waals surface area contributed by atoms with Crippen LogP contribution in [0.4, 0.5) is 13.2 Å². The van der Waals surface area contributed by atoms with Gasteiger partial charge in [-0.05, 0) is 24.5 Å². The molecular weight excluding hydrogens is 297 g/mol. The second kappa shape index (κ2) is 8.78. The molecule has 0 aliphatic carbocycles. The molecule has 124 valence electrons. The average Bonchev–Trinajstić information content (AvgIpc) is 2.42. The SMILES string of the molecule is CCCCOC(c1cccc(CC(=O)OCC)c1)C(F)(F)F. The van der Waals surface area contributed by atoms with Crippen LogP contribution in [0.25, 0.3) is 0 Å². The minimum Gasteiger partial charge on any atom is -0.466 e. The molecular formula is C16H21F3O3. The lowest BCUT2D eigenvalue weighted by molar-refractivity contribution is -0.224. The molecule has 3 nitrogen and oxygen atoms in total. The van der Waals surface area contributed by atoms with Crippen molar-refractivity contribution in [1.82, 2.24) is 0 Å². The first-order chi connectivity index (χ1) is 10.4. The fraction of sp³-hybridized carbons (Fsp3) is 0.562. The van der Waals surface area contributed by atoms with Crippen molar-refractivity contribution in [2.24, 2.45) is 0 Å². The summed E-state index contributed by atoms with van der Waals surface area (Å²) in [4.78, 5) is 11.4. The molecule has 0 amide bonds. The smallest absolute Gasteiger partial charge is 0.418 e. The van der Waals surface area contributed by atoms with Crippen LogP contribution in [0.15, 0.2) is 24.3 Å². The molecule has 0 heterocycles. The third-order valence-corrected chi connectivity index (χ3v) is 2.99. The number of hydrogen-bond donors (Lipinski definition) is 0. The van der Waals surface area contributed by atoms with Gasteiger partial charge in [0.1, 0.15) is 0 Å².